The number of nitrogens with one attached hydrogen (secondary N) is 1. The molecule has 3 N–H and O–H groups in total. The maximum atomic E-state index is 13.9. The summed E-state index contributed by atoms with van der Waals surface area (Å²) in [5.41, 5.74) is 5.48. The standard InChI is InChI=1S/C13H16F2N2S2/c1-19-10-4-2-3-8(10)17-9-6-5-7(13(16)18)11(14)12(9)15/h5-6,8,10,17H,2-4H2,1H3,(H2,16,18). The summed E-state index contributed by atoms with van der Waals surface area (Å²) in [4.78, 5) is -0.134. The van der Waals surface area contributed by atoms with E-state index < -0.39 is 11.6 Å². The van der Waals surface area contributed by atoms with Crippen LogP contribution in [-0.4, -0.2) is 22.5 Å². The first-order valence-corrected chi connectivity index (χ1v) is 7.81. The lowest BCUT2D eigenvalue weighted by atomic mass is 10.1. The van der Waals surface area contributed by atoms with Gasteiger partial charge in [-0.1, -0.05) is 18.6 Å². The average Bonchev–Trinajstić information content (AvgIpc) is 2.82. The summed E-state index contributed by atoms with van der Waals surface area (Å²) in [6, 6.07) is 3.11. The van der Waals surface area contributed by atoms with Crippen molar-refractivity contribution in [3.63, 3.8) is 0 Å². The number of halogens is 2. The van der Waals surface area contributed by atoms with E-state index in [-0.39, 0.29) is 22.3 Å². The van der Waals surface area contributed by atoms with Crippen molar-refractivity contribution < 1.29 is 8.78 Å². The predicted molar refractivity (Wildman–Crippen MR) is 80.8 cm³/mol. The van der Waals surface area contributed by atoms with Crippen molar-refractivity contribution in [3.05, 3.63) is 29.3 Å². The summed E-state index contributed by atoms with van der Waals surface area (Å²) < 4.78 is 27.7. The largest absolute Gasteiger partial charge is 0.389 e. The fourth-order valence-electron chi connectivity index (χ4n) is 2.42. The van der Waals surface area contributed by atoms with E-state index in [2.05, 4.69) is 17.5 Å². The smallest absolute Gasteiger partial charge is 0.182 e. The SMILES string of the molecule is CSC1CCCC1Nc1ccc(C(N)=S)c(F)c1F. The topological polar surface area (TPSA) is 38.0 Å². The normalized spacial score (nSPS) is 22.5. The number of hydrogen-bond acceptors (Lipinski definition) is 3. The summed E-state index contributed by atoms with van der Waals surface area (Å²) in [5, 5.41) is 3.54. The zero-order chi connectivity index (χ0) is 14.0. The van der Waals surface area contributed by atoms with Gasteiger partial charge in [-0.15, -0.1) is 0 Å². The van der Waals surface area contributed by atoms with Crippen LogP contribution in [0.1, 0.15) is 24.8 Å². The first kappa shape index (κ1) is 14.5. The minimum absolute atomic E-state index is 0.0501. The molecule has 1 aliphatic rings. The maximum absolute atomic E-state index is 13.9. The summed E-state index contributed by atoms with van der Waals surface area (Å²) in [6.45, 7) is 0. The van der Waals surface area contributed by atoms with Crippen LogP contribution in [-0.2, 0) is 0 Å². The van der Waals surface area contributed by atoms with Crippen molar-refractivity contribution in [1.29, 1.82) is 0 Å². The first-order valence-electron chi connectivity index (χ1n) is 6.11. The summed E-state index contributed by atoms with van der Waals surface area (Å²) in [6.07, 6.45) is 5.23. The third-order valence-corrected chi connectivity index (χ3v) is 4.83. The van der Waals surface area contributed by atoms with Gasteiger partial charge in [0.1, 0.15) is 4.99 Å². The number of thiocarbonyl (C=S) groups is 1. The zero-order valence-electron chi connectivity index (χ0n) is 10.6. The number of benzene rings is 1. The first-order chi connectivity index (χ1) is 9.04. The highest BCUT2D eigenvalue weighted by molar-refractivity contribution is 7.99. The fraction of sp³-hybridized carbons (Fsp3) is 0.462. The molecule has 104 valence electrons. The molecule has 19 heavy (non-hydrogen) atoms. The fourth-order valence-corrected chi connectivity index (χ4v) is 3.52. The molecule has 0 bridgehead atoms. The molecular formula is C13H16F2N2S2. The molecule has 2 atom stereocenters. The van der Waals surface area contributed by atoms with E-state index in [4.69, 9.17) is 5.73 Å². The van der Waals surface area contributed by atoms with Crippen LogP contribution in [0.25, 0.3) is 0 Å². The number of hydrogen-bond donors (Lipinski definition) is 2. The molecule has 1 aromatic carbocycles. The second kappa shape index (κ2) is 6.05. The predicted octanol–water partition coefficient (Wildman–Crippen LogP) is 3.30. The van der Waals surface area contributed by atoms with E-state index >= 15 is 0 Å². The van der Waals surface area contributed by atoms with Gasteiger partial charge in [-0.3, -0.25) is 0 Å². The van der Waals surface area contributed by atoms with Gasteiger partial charge < -0.3 is 11.1 Å². The van der Waals surface area contributed by atoms with Gasteiger partial charge in [0.15, 0.2) is 11.6 Å². The van der Waals surface area contributed by atoms with Crippen LogP contribution in [0.5, 0.6) is 0 Å². The molecule has 2 unspecified atom stereocenters. The van der Waals surface area contributed by atoms with E-state index in [0.717, 1.165) is 19.3 Å². The molecule has 1 saturated carbocycles. The molecule has 0 radical (unpaired) electrons. The van der Waals surface area contributed by atoms with Gasteiger partial charge in [0.25, 0.3) is 0 Å². The highest BCUT2D eigenvalue weighted by atomic mass is 32.2. The Morgan fingerprint density at radius 2 is 2.11 bits per heavy atom. The zero-order valence-corrected chi connectivity index (χ0v) is 12.2. The Morgan fingerprint density at radius 1 is 1.37 bits per heavy atom. The van der Waals surface area contributed by atoms with Crippen LogP contribution in [0.2, 0.25) is 0 Å². The van der Waals surface area contributed by atoms with Gasteiger partial charge in [0.2, 0.25) is 0 Å². The molecule has 1 aromatic rings. The van der Waals surface area contributed by atoms with Crippen molar-refractivity contribution in [2.24, 2.45) is 5.73 Å². The Hall–Kier alpha value is -0.880. The van der Waals surface area contributed by atoms with Crippen LogP contribution >= 0.6 is 24.0 Å². The molecule has 0 saturated heterocycles. The Balaban J connectivity index is 2.22. The molecule has 2 rings (SSSR count). The molecule has 6 heteroatoms. The van der Waals surface area contributed by atoms with Gasteiger partial charge >= 0.3 is 0 Å². The van der Waals surface area contributed by atoms with Gasteiger partial charge in [0.05, 0.1) is 5.69 Å². The minimum Gasteiger partial charge on any atom is -0.389 e. The minimum atomic E-state index is -0.976. The monoisotopic (exact) mass is 302 g/mol. The number of rotatable bonds is 4. The number of nitrogens with two attached hydrogens (primary N) is 1. The van der Waals surface area contributed by atoms with E-state index in [1.165, 1.54) is 12.1 Å². The van der Waals surface area contributed by atoms with E-state index in [9.17, 15) is 8.78 Å². The van der Waals surface area contributed by atoms with Crippen molar-refractivity contribution in [2.45, 2.75) is 30.6 Å². The maximum Gasteiger partial charge on any atom is 0.182 e. The molecule has 0 aromatic heterocycles. The van der Waals surface area contributed by atoms with Crippen LogP contribution in [0.3, 0.4) is 0 Å². The number of thioether (sulfide) groups is 1. The summed E-state index contributed by atoms with van der Waals surface area (Å²) >= 11 is 6.44. The third-order valence-electron chi connectivity index (χ3n) is 3.44. The molecule has 0 aliphatic heterocycles. The van der Waals surface area contributed by atoms with Crippen LogP contribution in [0, 0.1) is 11.6 Å². The van der Waals surface area contributed by atoms with Crippen LogP contribution in [0.4, 0.5) is 14.5 Å². The van der Waals surface area contributed by atoms with Gasteiger partial charge in [-0.05, 0) is 31.2 Å². The molecule has 0 heterocycles. The van der Waals surface area contributed by atoms with Gasteiger partial charge in [0, 0.05) is 16.9 Å². The van der Waals surface area contributed by atoms with Crippen molar-refractivity contribution in [3.8, 4) is 0 Å². The molecule has 1 aliphatic carbocycles. The van der Waals surface area contributed by atoms with Crippen molar-refractivity contribution >= 4 is 34.7 Å². The van der Waals surface area contributed by atoms with E-state index in [1.54, 1.807) is 11.8 Å². The summed E-state index contributed by atoms with van der Waals surface area (Å²) in [7, 11) is 0. The second-order valence-electron chi connectivity index (χ2n) is 4.61. The molecule has 1 fully saturated rings. The Bertz CT molecular complexity index is 494. The highest BCUT2D eigenvalue weighted by Gasteiger charge is 2.27. The second-order valence-corrected chi connectivity index (χ2v) is 6.13. The Morgan fingerprint density at radius 3 is 2.74 bits per heavy atom. The Kier molecular flexibility index (Phi) is 4.62. The van der Waals surface area contributed by atoms with Gasteiger partial charge in [-0.25, -0.2) is 8.78 Å². The van der Waals surface area contributed by atoms with Crippen LogP contribution in [0.15, 0.2) is 12.1 Å². The summed E-state index contributed by atoms with van der Waals surface area (Å²) in [5.74, 6) is -1.88. The van der Waals surface area contributed by atoms with Crippen molar-refractivity contribution in [1.82, 2.24) is 0 Å². The quantitative estimate of drug-likeness (QED) is 0.837. The lowest BCUT2D eigenvalue weighted by molar-refractivity contribution is 0.508. The lowest BCUT2D eigenvalue weighted by Crippen LogP contribution is -2.26. The average molecular weight is 302 g/mol. The van der Waals surface area contributed by atoms with E-state index in [1.807, 2.05) is 6.26 Å². The molecule has 2 nitrogen and oxygen atoms in total. The van der Waals surface area contributed by atoms with Crippen molar-refractivity contribution in [2.75, 3.05) is 11.6 Å². The van der Waals surface area contributed by atoms with E-state index in [0.29, 0.717) is 5.25 Å². The Labute approximate surface area is 121 Å². The number of anilines is 1. The van der Waals surface area contributed by atoms with Crippen LogP contribution < -0.4 is 11.1 Å². The molecule has 0 spiro atoms. The third kappa shape index (κ3) is 3.00. The van der Waals surface area contributed by atoms with Gasteiger partial charge in [-0.2, -0.15) is 11.8 Å². The molecule has 0 amide bonds. The molecular weight excluding hydrogens is 286 g/mol. The highest BCUT2D eigenvalue weighted by Crippen LogP contribution is 2.32. The lowest BCUT2D eigenvalue weighted by Gasteiger charge is -2.21.